The summed E-state index contributed by atoms with van der Waals surface area (Å²) in [7, 11) is 1.63. The highest BCUT2D eigenvalue weighted by Gasteiger charge is 2.17. The van der Waals surface area contributed by atoms with Crippen LogP contribution in [-0.4, -0.2) is 19.6 Å². The Bertz CT molecular complexity index is 916. The van der Waals surface area contributed by atoms with Crippen LogP contribution in [0.25, 0.3) is 0 Å². The number of amides is 1. The number of carbonyl (C=O) groups excluding carboxylic acids is 1. The highest BCUT2D eigenvalue weighted by Crippen LogP contribution is 2.28. The first-order valence-corrected chi connectivity index (χ1v) is 9.92. The Balaban J connectivity index is 1.35. The normalized spacial score (nSPS) is 13.1. The van der Waals surface area contributed by atoms with E-state index in [0.29, 0.717) is 6.42 Å². The van der Waals surface area contributed by atoms with Gasteiger partial charge in [0.25, 0.3) is 0 Å². The van der Waals surface area contributed by atoms with E-state index in [0.717, 1.165) is 36.5 Å². The molecule has 4 rings (SSSR count). The summed E-state index contributed by atoms with van der Waals surface area (Å²) < 4.78 is 5.14. The van der Waals surface area contributed by atoms with Crippen molar-refractivity contribution in [3.8, 4) is 5.75 Å². The highest BCUT2D eigenvalue weighted by molar-refractivity contribution is 7.10. The van der Waals surface area contributed by atoms with Crippen molar-refractivity contribution in [2.75, 3.05) is 23.9 Å². The van der Waals surface area contributed by atoms with Gasteiger partial charge in [0.05, 0.1) is 13.5 Å². The standard InChI is InChI=1S/C22H22N2O2S/c1-26-20-8-2-16(3-9-20)14-22(25)23-18-4-6-19(7-5-18)24-12-10-21-17(15-24)11-13-27-21/h2-9,11,13H,10,12,14-15H2,1H3,(H,23,25). The Hall–Kier alpha value is -2.79. The molecule has 1 aliphatic rings. The number of nitrogens with one attached hydrogen (secondary N) is 1. The van der Waals surface area contributed by atoms with Gasteiger partial charge in [-0.1, -0.05) is 12.1 Å². The molecule has 0 aliphatic carbocycles. The molecule has 1 aliphatic heterocycles. The van der Waals surface area contributed by atoms with Crippen LogP contribution in [0, 0.1) is 0 Å². The van der Waals surface area contributed by atoms with Crippen molar-refractivity contribution < 1.29 is 9.53 Å². The van der Waals surface area contributed by atoms with Crippen LogP contribution in [0.4, 0.5) is 11.4 Å². The van der Waals surface area contributed by atoms with Crippen molar-refractivity contribution in [1.82, 2.24) is 0 Å². The molecule has 0 atom stereocenters. The molecule has 0 saturated heterocycles. The second-order valence-corrected chi connectivity index (χ2v) is 7.66. The Morgan fingerprint density at radius 1 is 1.11 bits per heavy atom. The fourth-order valence-corrected chi connectivity index (χ4v) is 4.25. The summed E-state index contributed by atoms with van der Waals surface area (Å²) in [6.45, 7) is 2.00. The molecule has 0 fully saturated rings. The lowest BCUT2D eigenvalue weighted by atomic mass is 10.1. The van der Waals surface area contributed by atoms with E-state index in [1.54, 1.807) is 7.11 Å². The maximum atomic E-state index is 12.3. The van der Waals surface area contributed by atoms with Gasteiger partial charge < -0.3 is 15.0 Å². The van der Waals surface area contributed by atoms with Crippen molar-refractivity contribution in [2.24, 2.45) is 0 Å². The lowest BCUT2D eigenvalue weighted by Crippen LogP contribution is -2.29. The van der Waals surface area contributed by atoms with Crippen molar-refractivity contribution in [1.29, 1.82) is 0 Å². The molecular weight excluding hydrogens is 356 g/mol. The lowest BCUT2D eigenvalue weighted by Gasteiger charge is -2.29. The van der Waals surface area contributed by atoms with Gasteiger partial charge in [0.2, 0.25) is 5.91 Å². The van der Waals surface area contributed by atoms with Crippen LogP contribution in [0.2, 0.25) is 0 Å². The third kappa shape index (κ3) is 4.14. The average Bonchev–Trinajstić information content (AvgIpc) is 3.17. The molecular formula is C22H22N2O2S. The molecule has 0 unspecified atom stereocenters. The van der Waals surface area contributed by atoms with E-state index in [-0.39, 0.29) is 5.91 Å². The van der Waals surface area contributed by atoms with E-state index in [1.165, 1.54) is 16.1 Å². The van der Waals surface area contributed by atoms with E-state index in [2.05, 4.69) is 33.8 Å². The molecule has 1 amide bonds. The van der Waals surface area contributed by atoms with Crippen LogP contribution < -0.4 is 15.0 Å². The van der Waals surface area contributed by atoms with Gasteiger partial charge in [-0.2, -0.15) is 0 Å². The number of methoxy groups -OCH3 is 1. The Kier molecular flexibility index (Phi) is 5.12. The van der Waals surface area contributed by atoms with E-state index >= 15 is 0 Å². The molecule has 0 radical (unpaired) electrons. The Labute approximate surface area is 163 Å². The van der Waals surface area contributed by atoms with Gasteiger partial charge in [0.15, 0.2) is 0 Å². The van der Waals surface area contributed by atoms with E-state index in [1.807, 2.05) is 47.7 Å². The second kappa shape index (κ2) is 7.84. The second-order valence-electron chi connectivity index (χ2n) is 6.66. The summed E-state index contributed by atoms with van der Waals surface area (Å²) in [5.74, 6) is 0.774. The van der Waals surface area contributed by atoms with E-state index in [4.69, 9.17) is 4.74 Å². The minimum Gasteiger partial charge on any atom is -0.497 e. The smallest absolute Gasteiger partial charge is 0.228 e. The Morgan fingerprint density at radius 2 is 1.89 bits per heavy atom. The number of ether oxygens (including phenoxy) is 1. The number of rotatable bonds is 5. The summed E-state index contributed by atoms with van der Waals surface area (Å²) in [6.07, 6.45) is 1.45. The minimum absolute atomic E-state index is 0.0196. The third-order valence-electron chi connectivity index (χ3n) is 4.85. The van der Waals surface area contributed by atoms with Crippen LogP contribution in [0.1, 0.15) is 16.0 Å². The quantitative estimate of drug-likeness (QED) is 0.711. The van der Waals surface area contributed by atoms with Crippen LogP contribution >= 0.6 is 11.3 Å². The molecule has 2 aromatic carbocycles. The summed E-state index contributed by atoms with van der Waals surface area (Å²) in [5.41, 5.74) is 4.42. The van der Waals surface area contributed by atoms with Gasteiger partial charge in [-0.3, -0.25) is 4.79 Å². The largest absolute Gasteiger partial charge is 0.497 e. The molecule has 0 spiro atoms. The number of hydrogen-bond donors (Lipinski definition) is 1. The maximum absolute atomic E-state index is 12.3. The highest BCUT2D eigenvalue weighted by atomic mass is 32.1. The first-order valence-electron chi connectivity index (χ1n) is 9.04. The number of benzene rings is 2. The van der Waals surface area contributed by atoms with Gasteiger partial charge >= 0.3 is 0 Å². The van der Waals surface area contributed by atoms with Crippen molar-refractivity contribution in [3.63, 3.8) is 0 Å². The minimum atomic E-state index is -0.0196. The van der Waals surface area contributed by atoms with Crippen molar-refractivity contribution >= 4 is 28.6 Å². The first kappa shape index (κ1) is 17.6. The molecule has 4 nitrogen and oxygen atoms in total. The predicted molar refractivity (Wildman–Crippen MR) is 111 cm³/mol. The fraction of sp³-hybridized carbons (Fsp3) is 0.227. The zero-order valence-electron chi connectivity index (χ0n) is 15.3. The first-order chi connectivity index (χ1) is 13.2. The predicted octanol–water partition coefficient (Wildman–Crippen LogP) is 4.50. The molecule has 0 saturated carbocycles. The number of carbonyl (C=O) groups is 1. The average molecular weight is 378 g/mol. The summed E-state index contributed by atoms with van der Waals surface area (Å²) in [4.78, 5) is 16.2. The van der Waals surface area contributed by atoms with Crippen molar-refractivity contribution in [3.05, 3.63) is 76.0 Å². The van der Waals surface area contributed by atoms with Crippen molar-refractivity contribution in [2.45, 2.75) is 19.4 Å². The number of hydrogen-bond acceptors (Lipinski definition) is 4. The van der Waals surface area contributed by atoms with Gasteiger partial charge in [-0.15, -0.1) is 11.3 Å². The topological polar surface area (TPSA) is 41.6 Å². The third-order valence-corrected chi connectivity index (χ3v) is 5.87. The van der Waals surface area contributed by atoms with Gasteiger partial charge in [-0.25, -0.2) is 0 Å². The van der Waals surface area contributed by atoms with Gasteiger partial charge in [-0.05, 0) is 65.4 Å². The number of anilines is 2. The van der Waals surface area contributed by atoms with Crippen LogP contribution in [0.5, 0.6) is 5.75 Å². The maximum Gasteiger partial charge on any atom is 0.228 e. The summed E-state index contributed by atoms with van der Waals surface area (Å²) >= 11 is 1.85. The number of thiophene rings is 1. The van der Waals surface area contributed by atoms with Crippen LogP contribution in [-0.2, 0) is 24.2 Å². The SMILES string of the molecule is COc1ccc(CC(=O)Nc2ccc(N3CCc4sccc4C3)cc2)cc1. The molecule has 27 heavy (non-hydrogen) atoms. The molecule has 3 aromatic rings. The number of nitrogens with zero attached hydrogens (tertiary/aromatic N) is 1. The molecule has 138 valence electrons. The zero-order valence-corrected chi connectivity index (χ0v) is 16.1. The monoisotopic (exact) mass is 378 g/mol. The van der Waals surface area contributed by atoms with Crippen LogP contribution in [0.3, 0.4) is 0 Å². The molecule has 2 heterocycles. The molecule has 1 aromatic heterocycles. The van der Waals surface area contributed by atoms with E-state index in [9.17, 15) is 4.79 Å². The molecule has 0 bridgehead atoms. The summed E-state index contributed by atoms with van der Waals surface area (Å²) in [6, 6.07) is 17.9. The van der Waals surface area contributed by atoms with Crippen LogP contribution in [0.15, 0.2) is 60.0 Å². The fourth-order valence-electron chi connectivity index (χ4n) is 3.36. The zero-order chi connectivity index (χ0) is 18.6. The van der Waals surface area contributed by atoms with E-state index < -0.39 is 0 Å². The van der Waals surface area contributed by atoms with Gasteiger partial charge in [0, 0.05) is 29.3 Å². The molecule has 5 heteroatoms. The van der Waals surface area contributed by atoms with Gasteiger partial charge in [0.1, 0.15) is 5.75 Å². The Morgan fingerprint density at radius 3 is 2.63 bits per heavy atom. The summed E-state index contributed by atoms with van der Waals surface area (Å²) in [5, 5.41) is 5.15. The lowest BCUT2D eigenvalue weighted by molar-refractivity contribution is -0.115. The molecule has 1 N–H and O–H groups in total. The number of fused-ring (bicyclic) bond motifs is 1.